The van der Waals surface area contributed by atoms with Crippen LogP contribution in [0, 0.1) is 17.0 Å². The van der Waals surface area contributed by atoms with Gasteiger partial charge < -0.3 is 20.4 Å². The zero-order valence-corrected chi connectivity index (χ0v) is 20.4. The number of carbonyl (C=O) groups is 2. The standard InChI is InChI=1S/C28H26N4O5/c1-18-23(24-8-3-4-9-25(24)30-18)14-15-29-28(34)26(16-19-10-12-22(37-2)13-11-19)31-27(33)20-6-5-7-21(17-20)32(35)36/h3-13,16-17,30H,14-15H2,1-2H3,(H,29,34)(H,31,33). The van der Waals surface area contributed by atoms with Crippen LogP contribution in [0.25, 0.3) is 17.0 Å². The third kappa shape index (κ3) is 6.02. The Bertz CT molecular complexity index is 1490. The van der Waals surface area contributed by atoms with E-state index in [1.54, 1.807) is 37.5 Å². The fraction of sp³-hybridized carbons (Fsp3) is 0.143. The molecule has 0 aliphatic rings. The van der Waals surface area contributed by atoms with Gasteiger partial charge in [0.2, 0.25) is 0 Å². The van der Waals surface area contributed by atoms with Gasteiger partial charge in [-0.3, -0.25) is 19.7 Å². The van der Waals surface area contributed by atoms with E-state index in [4.69, 9.17) is 4.74 Å². The molecule has 1 heterocycles. The van der Waals surface area contributed by atoms with Crippen molar-refractivity contribution >= 4 is 34.5 Å². The van der Waals surface area contributed by atoms with Crippen LogP contribution < -0.4 is 15.4 Å². The lowest BCUT2D eigenvalue weighted by Gasteiger charge is -2.12. The van der Waals surface area contributed by atoms with Crippen LogP contribution in [0.2, 0.25) is 0 Å². The average Bonchev–Trinajstić information content (AvgIpc) is 3.23. The number of aromatic nitrogens is 1. The molecule has 9 nitrogen and oxygen atoms in total. The Hall–Kier alpha value is -4.92. The molecular weight excluding hydrogens is 472 g/mol. The van der Waals surface area contributed by atoms with Gasteiger partial charge in [-0.1, -0.05) is 36.4 Å². The minimum atomic E-state index is -0.633. The lowest BCUT2D eigenvalue weighted by atomic mass is 10.1. The molecule has 0 aliphatic carbocycles. The molecule has 4 aromatic rings. The summed E-state index contributed by atoms with van der Waals surface area (Å²) < 4.78 is 5.18. The van der Waals surface area contributed by atoms with E-state index >= 15 is 0 Å². The minimum absolute atomic E-state index is 0.0114. The molecule has 2 amide bonds. The summed E-state index contributed by atoms with van der Waals surface area (Å²) in [5, 5.41) is 17.7. The second-order valence-electron chi connectivity index (χ2n) is 8.37. The number of para-hydroxylation sites is 1. The Labute approximate surface area is 213 Å². The largest absolute Gasteiger partial charge is 0.497 e. The van der Waals surface area contributed by atoms with Crippen molar-refractivity contribution in [1.29, 1.82) is 0 Å². The van der Waals surface area contributed by atoms with Crippen molar-refractivity contribution in [3.05, 3.63) is 111 Å². The fourth-order valence-electron chi connectivity index (χ4n) is 4.03. The van der Waals surface area contributed by atoms with Crippen molar-refractivity contribution in [2.24, 2.45) is 0 Å². The van der Waals surface area contributed by atoms with Gasteiger partial charge in [0.1, 0.15) is 11.4 Å². The summed E-state index contributed by atoms with van der Waals surface area (Å²) in [6.07, 6.45) is 2.14. The number of nitro groups is 1. The molecule has 3 N–H and O–H groups in total. The number of benzene rings is 3. The Morgan fingerprint density at radius 1 is 1.05 bits per heavy atom. The maximum Gasteiger partial charge on any atom is 0.270 e. The Balaban J connectivity index is 1.53. The number of nitrogens with zero attached hydrogens (tertiary/aromatic N) is 1. The zero-order chi connectivity index (χ0) is 26.4. The van der Waals surface area contributed by atoms with Crippen LogP contribution in [-0.2, 0) is 11.2 Å². The molecule has 0 fully saturated rings. The quantitative estimate of drug-likeness (QED) is 0.178. The zero-order valence-electron chi connectivity index (χ0n) is 20.4. The van der Waals surface area contributed by atoms with Gasteiger partial charge in [0.05, 0.1) is 12.0 Å². The summed E-state index contributed by atoms with van der Waals surface area (Å²) in [4.78, 5) is 39.9. The number of nitrogens with one attached hydrogen (secondary N) is 3. The number of nitro benzene ring substituents is 1. The first-order valence-corrected chi connectivity index (χ1v) is 11.6. The van der Waals surface area contributed by atoms with Crippen molar-refractivity contribution in [2.75, 3.05) is 13.7 Å². The van der Waals surface area contributed by atoms with Crippen LogP contribution in [0.5, 0.6) is 5.75 Å². The van der Waals surface area contributed by atoms with Crippen LogP contribution in [0.1, 0.15) is 27.2 Å². The summed E-state index contributed by atoms with van der Waals surface area (Å²) in [6, 6.07) is 20.3. The highest BCUT2D eigenvalue weighted by Crippen LogP contribution is 2.22. The number of fused-ring (bicyclic) bond motifs is 1. The van der Waals surface area contributed by atoms with Gasteiger partial charge in [0.25, 0.3) is 17.5 Å². The molecule has 0 spiro atoms. The minimum Gasteiger partial charge on any atom is -0.497 e. The Morgan fingerprint density at radius 2 is 1.81 bits per heavy atom. The van der Waals surface area contributed by atoms with Crippen molar-refractivity contribution in [1.82, 2.24) is 15.6 Å². The van der Waals surface area contributed by atoms with E-state index in [0.717, 1.165) is 28.2 Å². The number of rotatable bonds is 9. The van der Waals surface area contributed by atoms with Gasteiger partial charge in [0.15, 0.2) is 0 Å². The van der Waals surface area contributed by atoms with Crippen molar-refractivity contribution in [3.8, 4) is 5.75 Å². The molecule has 0 aliphatic heterocycles. The molecule has 188 valence electrons. The first-order chi connectivity index (χ1) is 17.9. The van der Waals surface area contributed by atoms with Gasteiger partial charge in [0, 0.05) is 40.8 Å². The molecule has 37 heavy (non-hydrogen) atoms. The maximum atomic E-state index is 13.2. The predicted molar refractivity (Wildman–Crippen MR) is 141 cm³/mol. The number of non-ortho nitro benzene ring substituents is 1. The highest BCUT2D eigenvalue weighted by molar-refractivity contribution is 6.05. The summed E-state index contributed by atoms with van der Waals surface area (Å²) in [6.45, 7) is 2.33. The lowest BCUT2D eigenvalue weighted by molar-refractivity contribution is -0.384. The third-order valence-corrected chi connectivity index (χ3v) is 5.93. The normalized spacial score (nSPS) is 11.2. The van der Waals surface area contributed by atoms with E-state index in [2.05, 4.69) is 15.6 Å². The van der Waals surface area contributed by atoms with Crippen molar-refractivity contribution in [2.45, 2.75) is 13.3 Å². The number of H-pyrrole nitrogens is 1. The Kier molecular flexibility index (Phi) is 7.63. The molecule has 0 bridgehead atoms. The molecule has 4 rings (SSSR count). The number of methoxy groups -OCH3 is 1. The van der Waals surface area contributed by atoms with E-state index < -0.39 is 16.7 Å². The lowest BCUT2D eigenvalue weighted by Crippen LogP contribution is -2.35. The molecule has 0 atom stereocenters. The molecule has 0 radical (unpaired) electrons. The molecule has 1 aromatic heterocycles. The number of aromatic amines is 1. The van der Waals surface area contributed by atoms with Crippen molar-refractivity contribution < 1.29 is 19.2 Å². The highest BCUT2D eigenvalue weighted by atomic mass is 16.6. The smallest absolute Gasteiger partial charge is 0.270 e. The fourth-order valence-corrected chi connectivity index (χ4v) is 4.03. The number of hydrogen-bond acceptors (Lipinski definition) is 5. The summed E-state index contributed by atoms with van der Waals surface area (Å²) in [5.41, 5.74) is 3.70. The van der Waals surface area contributed by atoms with E-state index in [9.17, 15) is 19.7 Å². The van der Waals surface area contributed by atoms with Gasteiger partial charge in [-0.2, -0.15) is 0 Å². The second-order valence-corrected chi connectivity index (χ2v) is 8.37. The van der Waals surface area contributed by atoms with Gasteiger partial charge >= 0.3 is 0 Å². The maximum absolute atomic E-state index is 13.2. The number of carbonyl (C=O) groups excluding carboxylic acids is 2. The summed E-state index contributed by atoms with van der Waals surface area (Å²) in [5.74, 6) is -0.462. The predicted octanol–water partition coefficient (Wildman–Crippen LogP) is 4.52. The number of hydrogen-bond donors (Lipinski definition) is 3. The van der Waals surface area contributed by atoms with E-state index in [1.165, 1.54) is 18.2 Å². The van der Waals surface area contributed by atoms with Crippen LogP contribution in [-0.4, -0.2) is 35.4 Å². The molecule has 0 saturated heterocycles. The number of ether oxygens (including phenoxy) is 1. The first kappa shape index (κ1) is 25.2. The molecule has 9 heteroatoms. The summed E-state index contributed by atoms with van der Waals surface area (Å²) in [7, 11) is 1.55. The molecular formula is C28H26N4O5. The molecule has 0 saturated carbocycles. The second kappa shape index (κ2) is 11.2. The number of amides is 2. The third-order valence-electron chi connectivity index (χ3n) is 5.93. The van der Waals surface area contributed by atoms with E-state index in [1.807, 2.05) is 31.2 Å². The molecule has 3 aromatic carbocycles. The monoisotopic (exact) mass is 498 g/mol. The van der Waals surface area contributed by atoms with Crippen LogP contribution in [0.3, 0.4) is 0 Å². The van der Waals surface area contributed by atoms with Crippen LogP contribution in [0.4, 0.5) is 5.69 Å². The van der Waals surface area contributed by atoms with E-state index in [-0.39, 0.29) is 16.9 Å². The van der Waals surface area contributed by atoms with Crippen LogP contribution >= 0.6 is 0 Å². The highest BCUT2D eigenvalue weighted by Gasteiger charge is 2.17. The van der Waals surface area contributed by atoms with Crippen LogP contribution in [0.15, 0.2) is 78.5 Å². The first-order valence-electron chi connectivity index (χ1n) is 11.6. The topological polar surface area (TPSA) is 126 Å². The van der Waals surface area contributed by atoms with Crippen molar-refractivity contribution in [3.63, 3.8) is 0 Å². The van der Waals surface area contributed by atoms with Gasteiger partial charge in [-0.05, 0) is 54.8 Å². The van der Waals surface area contributed by atoms with Gasteiger partial charge in [-0.25, -0.2) is 0 Å². The van der Waals surface area contributed by atoms with Gasteiger partial charge in [-0.15, -0.1) is 0 Å². The van der Waals surface area contributed by atoms with E-state index in [0.29, 0.717) is 24.3 Å². The summed E-state index contributed by atoms with van der Waals surface area (Å²) >= 11 is 0. The molecule has 0 unspecified atom stereocenters. The average molecular weight is 499 g/mol. The number of aryl methyl sites for hydroxylation is 1. The SMILES string of the molecule is COc1ccc(C=C(NC(=O)c2cccc([N+](=O)[O-])c2)C(=O)NCCc2c(C)[nH]c3ccccc23)cc1. The Morgan fingerprint density at radius 3 is 2.54 bits per heavy atom.